The van der Waals surface area contributed by atoms with Gasteiger partial charge in [-0.3, -0.25) is 0 Å². The molecule has 0 aromatic heterocycles. The molecule has 0 N–H and O–H groups in total. The highest BCUT2D eigenvalue weighted by molar-refractivity contribution is 5.22. The topological polar surface area (TPSA) is 12.5 Å². The van der Waals surface area contributed by atoms with Crippen molar-refractivity contribution in [3.63, 3.8) is 0 Å². The Balaban J connectivity index is 1.59. The fraction of sp³-hybridized carbons (Fsp3) is 0.714. The highest BCUT2D eigenvalue weighted by Gasteiger charge is 2.11. The molecule has 2 nitrogen and oxygen atoms in total. The van der Waals surface area contributed by atoms with Gasteiger partial charge >= 0.3 is 0 Å². The first-order valence-electron chi connectivity index (χ1n) is 6.77. The molecule has 0 atom stereocenters. The molecule has 1 saturated heterocycles. The Labute approximate surface area is 103 Å². The molecule has 1 fully saturated rings. The summed E-state index contributed by atoms with van der Waals surface area (Å²) in [7, 11) is 0. The Morgan fingerprint density at radius 3 is 2.65 bits per heavy atom. The lowest BCUT2D eigenvalue weighted by Gasteiger charge is -2.26. The third-order valence-electron chi connectivity index (χ3n) is 3.38. The minimum Gasteiger partial charge on any atom is -0.491 e. The summed E-state index contributed by atoms with van der Waals surface area (Å²) >= 11 is 0. The van der Waals surface area contributed by atoms with Gasteiger partial charge in [-0.1, -0.05) is 6.42 Å². The van der Waals surface area contributed by atoms with Crippen LogP contribution in [0.2, 0.25) is 0 Å². The summed E-state index contributed by atoms with van der Waals surface area (Å²) in [6.07, 6.45) is 10.2. The van der Waals surface area contributed by atoms with Crippen molar-refractivity contribution in [1.29, 1.82) is 0 Å². The minimum absolute atomic E-state index is 0.186. The number of likely N-dealkylation sites (tertiary alicyclic amines) is 1. The smallest absolute Gasteiger partial charge is 0.160 e. The van der Waals surface area contributed by atoms with Crippen LogP contribution in [0.15, 0.2) is 23.7 Å². The van der Waals surface area contributed by atoms with E-state index in [0.717, 1.165) is 25.8 Å². The molecule has 3 heteroatoms. The first kappa shape index (κ1) is 12.6. The molecule has 2 aliphatic rings. The van der Waals surface area contributed by atoms with Gasteiger partial charge in [0.1, 0.15) is 0 Å². The van der Waals surface area contributed by atoms with Crippen molar-refractivity contribution in [3.05, 3.63) is 23.7 Å². The maximum absolute atomic E-state index is 13.3. The second kappa shape index (κ2) is 6.80. The van der Waals surface area contributed by atoms with Crippen LogP contribution < -0.4 is 0 Å². The molecule has 2 rings (SSSR count). The molecule has 0 saturated carbocycles. The number of allylic oxidation sites excluding steroid dienone is 3. The summed E-state index contributed by atoms with van der Waals surface area (Å²) in [5, 5.41) is 0. The second-order valence-electron chi connectivity index (χ2n) is 4.80. The normalized spacial score (nSPS) is 21.9. The number of halogens is 1. The highest BCUT2D eigenvalue weighted by Crippen LogP contribution is 2.20. The maximum atomic E-state index is 13.3. The van der Waals surface area contributed by atoms with Gasteiger partial charge < -0.3 is 9.64 Å². The predicted molar refractivity (Wildman–Crippen MR) is 67.4 cm³/mol. The molecule has 0 aromatic carbocycles. The van der Waals surface area contributed by atoms with E-state index in [1.807, 2.05) is 6.08 Å². The monoisotopic (exact) mass is 239 g/mol. The molecule has 96 valence electrons. The van der Waals surface area contributed by atoms with Crippen LogP contribution >= 0.6 is 0 Å². The zero-order valence-corrected chi connectivity index (χ0v) is 10.5. The average molecular weight is 239 g/mol. The Hall–Kier alpha value is -0.830. The fourth-order valence-electron chi connectivity index (χ4n) is 2.40. The van der Waals surface area contributed by atoms with Gasteiger partial charge in [0.05, 0.1) is 6.61 Å². The largest absolute Gasteiger partial charge is 0.491 e. The molecule has 17 heavy (non-hydrogen) atoms. The van der Waals surface area contributed by atoms with Gasteiger partial charge in [0.2, 0.25) is 0 Å². The third-order valence-corrected chi connectivity index (χ3v) is 3.38. The number of piperidine rings is 1. The molecule has 1 aliphatic heterocycles. The summed E-state index contributed by atoms with van der Waals surface area (Å²) in [4.78, 5) is 2.48. The number of nitrogens with zero attached hydrogens (tertiary/aromatic N) is 1. The standard InChI is InChI=1S/C14H22FNO/c15-13-7-2-3-8-14(13)17-12-6-11-16-9-4-1-5-10-16/h7-8H,1-6,9-12H2. The van der Waals surface area contributed by atoms with E-state index in [1.54, 1.807) is 6.08 Å². The lowest BCUT2D eigenvalue weighted by Crippen LogP contribution is -2.31. The van der Waals surface area contributed by atoms with Crippen LogP contribution in [0, 0.1) is 0 Å². The molecular formula is C14H22FNO. The quantitative estimate of drug-likeness (QED) is 0.682. The van der Waals surface area contributed by atoms with Crippen LogP contribution in [0.25, 0.3) is 0 Å². The molecule has 1 heterocycles. The second-order valence-corrected chi connectivity index (χ2v) is 4.80. The van der Waals surface area contributed by atoms with Crippen molar-refractivity contribution in [2.45, 2.75) is 38.5 Å². The van der Waals surface area contributed by atoms with E-state index in [4.69, 9.17) is 4.74 Å². The van der Waals surface area contributed by atoms with Crippen molar-refractivity contribution in [1.82, 2.24) is 4.90 Å². The lowest BCUT2D eigenvalue weighted by atomic mass is 10.1. The molecule has 0 unspecified atom stereocenters. The minimum atomic E-state index is -0.186. The lowest BCUT2D eigenvalue weighted by molar-refractivity contribution is 0.167. The summed E-state index contributed by atoms with van der Waals surface area (Å²) in [6, 6.07) is 0. The van der Waals surface area contributed by atoms with E-state index in [9.17, 15) is 4.39 Å². The van der Waals surface area contributed by atoms with E-state index in [1.165, 1.54) is 32.4 Å². The SMILES string of the molecule is FC1=CCCC=C1OCCCN1CCCCC1. The van der Waals surface area contributed by atoms with Crippen LogP contribution in [0.5, 0.6) is 0 Å². The van der Waals surface area contributed by atoms with Crippen molar-refractivity contribution in [2.75, 3.05) is 26.2 Å². The van der Waals surface area contributed by atoms with E-state index in [2.05, 4.69) is 4.90 Å². The zero-order valence-electron chi connectivity index (χ0n) is 10.5. The summed E-state index contributed by atoms with van der Waals surface area (Å²) in [5.41, 5.74) is 0. The van der Waals surface area contributed by atoms with Crippen molar-refractivity contribution in [2.24, 2.45) is 0 Å². The van der Waals surface area contributed by atoms with Crippen LogP contribution in [0.1, 0.15) is 38.5 Å². The Morgan fingerprint density at radius 2 is 1.88 bits per heavy atom. The summed E-state index contributed by atoms with van der Waals surface area (Å²) < 4.78 is 18.8. The van der Waals surface area contributed by atoms with Gasteiger partial charge in [0.15, 0.2) is 11.6 Å². The Morgan fingerprint density at radius 1 is 1.12 bits per heavy atom. The molecule has 1 aliphatic carbocycles. The van der Waals surface area contributed by atoms with Gasteiger partial charge in [-0.25, -0.2) is 4.39 Å². The fourth-order valence-corrected chi connectivity index (χ4v) is 2.40. The van der Waals surface area contributed by atoms with Crippen molar-refractivity contribution in [3.8, 4) is 0 Å². The number of ether oxygens (including phenoxy) is 1. The molecule has 0 bridgehead atoms. The van der Waals surface area contributed by atoms with Gasteiger partial charge in [0, 0.05) is 6.54 Å². The van der Waals surface area contributed by atoms with E-state index in [0.29, 0.717) is 12.4 Å². The maximum Gasteiger partial charge on any atom is 0.160 e. The van der Waals surface area contributed by atoms with E-state index in [-0.39, 0.29) is 5.83 Å². The van der Waals surface area contributed by atoms with Gasteiger partial charge in [-0.2, -0.15) is 0 Å². The Bertz CT molecular complexity index is 293. The van der Waals surface area contributed by atoms with Crippen molar-refractivity contribution < 1.29 is 9.13 Å². The van der Waals surface area contributed by atoms with Gasteiger partial charge in [-0.15, -0.1) is 0 Å². The van der Waals surface area contributed by atoms with Crippen LogP contribution in [-0.4, -0.2) is 31.1 Å². The predicted octanol–water partition coefficient (Wildman–Crippen LogP) is 3.41. The zero-order chi connectivity index (χ0) is 11.9. The number of hydrogen-bond donors (Lipinski definition) is 0. The van der Waals surface area contributed by atoms with E-state index < -0.39 is 0 Å². The van der Waals surface area contributed by atoms with Crippen molar-refractivity contribution >= 4 is 0 Å². The van der Waals surface area contributed by atoms with Crippen LogP contribution in [-0.2, 0) is 4.74 Å². The first-order valence-corrected chi connectivity index (χ1v) is 6.77. The molecule has 0 spiro atoms. The van der Waals surface area contributed by atoms with Crippen LogP contribution in [0.3, 0.4) is 0 Å². The molecular weight excluding hydrogens is 217 g/mol. The van der Waals surface area contributed by atoms with Gasteiger partial charge in [-0.05, 0) is 57.3 Å². The van der Waals surface area contributed by atoms with Crippen LogP contribution in [0.4, 0.5) is 4.39 Å². The summed E-state index contributed by atoms with van der Waals surface area (Å²) in [6.45, 7) is 4.15. The van der Waals surface area contributed by atoms with Gasteiger partial charge in [0.25, 0.3) is 0 Å². The number of rotatable bonds is 5. The molecule has 0 amide bonds. The summed E-state index contributed by atoms with van der Waals surface area (Å²) in [5.74, 6) is 0.268. The third kappa shape index (κ3) is 4.15. The first-order chi connectivity index (χ1) is 8.36. The molecule has 0 aromatic rings. The Kier molecular flexibility index (Phi) is 5.05. The number of hydrogen-bond acceptors (Lipinski definition) is 2. The average Bonchev–Trinajstić information content (AvgIpc) is 2.38. The van der Waals surface area contributed by atoms with E-state index >= 15 is 0 Å². The molecule has 0 radical (unpaired) electrons. The highest BCUT2D eigenvalue weighted by atomic mass is 19.1.